The number of carbonyl (C=O) groups is 1. The summed E-state index contributed by atoms with van der Waals surface area (Å²) >= 11 is 0. The van der Waals surface area contributed by atoms with Crippen LogP contribution in [0.4, 0.5) is 0 Å². The number of aromatic nitrogens is 1. The number of hydrogen-bond donors (Lipinski definition) is 2. The molecule has 1 amide bonds. The molecule has 1 heterocycles. The number of hydrogen-bond acceptors (Lipinski definition) is 4. The van der Waals surface area contributed by atoms with E-state index in [2.05, 4.69) is 10.3 Å². The van der Waals surface area contributed by atoms with Gasteiger partial charge in [0, 0.05) is 13.5 Å². The van der Waals surface area contributed by atoms with Crippen molar-refractivity contribution in [3.63, 3.8) is 0 Å². The highest BCUT2D eigenvalue weighted by atomic mass is 16.4. The van der Waals surface area contributed by atoms with Crippen molar-refractivity contribution in [3.05, 3.63) is 17.3 Å². The van der Waals surface area contributed by atoms with Gasteiger partial charge in [-0.25, -0.2) is 4.98 Å². The molecule has 0 aliphatic rings. The summed E-state index contributed by atoms with van der Waals surface area (Å²) in [6.45, 7) is 7.72. The molecule has 18 heavy (non-hydrogen) atoms. The zero-order chi connectivity index (χ0) is 13.7. The Bertz CT molecular complexity index is 397. The molecule has 0 radical (unpaired) electrons. The van der Waals surface area contributed by atoms with E-state index in [1.165, 1.54) is 0 Å². The first kappa shape index (κ1) is 14.7. The lowest BCUT2D eigenvalue weighted by Gasteiger charge is -2.19. The Balaban J connectivity index is 2.53. The minimum atomic E-state index is -0.520. The second-order valence-electron chi connectivity index (χ2n) is 4.50. The van der Waals surface area contributed by atoms with E-state index in [-0.39, 0.29) is 24.1 Å². The molecule has 1 aromatic heterocycles. The number of nitrogens with one attached hydrogen (secondary N) is 1. The number of aryl methyl sites for hydroxylation is 2. The highest BCUT2D eigenvalue weighted by Gasteiger charge is 2.19. The molecule has 1 unspecified atom stereocenters. The number of nitrogens with zero attached hydrogens (tertiary/aromatic N) is 1. The SMILES string of the molecule is CCC(CC)C(O)CNC(=O)c1oc(C)nc1C. The summed E-state index contributed by atoms with van der Waals surface area (Å²) < 4.78 is 5.22. The quantitative estimate of drug-likeness (QED) is 0.812. The van der Waals surface area contributed by atoms with Gasteiger partial charge in [-0.1, -0.05) is 26.7 Å². The Kier molecular flexibility index (Phi) is 5.34. The summed E-state index contributed by atoms with van der Waals surface area (Å²) in [5.41, 5.74) is 0.571. The molecule has 0 fully saturated rings. The third-order valence-electron chi connectivity index (χ3n) is 3.17. The van der Waals surface area contributed by atoms with Gasteiger partial charge in [-0.3, -0.25) is 4.79 Å². The molecule has 0 bridgehead atoms. The lowest BCUT2D eigenvalue weighted by Crippen LogP contribution is -2.36. The van der Waals surface area contributed by atoms with Crippen molar-refractivity contribution in [1.82, 2.24) is 10.3 Å². The Morgan fingerprint density at radius 1 is 1.39 bits per heavy atom. The number of oxazole rings is 1. The second-order valence-corrected chi connectivity index (χ2v) is 4.50. The van der Waals surface area contributed by atoms with Crippen molar-refractivity contribution < 1.29 is 14.3 Å². The van der Waals surface area contributed by atoms with Gasteiger partial charge in [0.25, 0.3) is 5.91 Å². The highest BCUT2D eigenvalue weighted by molar-refractivity contribution is 5.92. The molecular formula is C13H22N2O3. The molecule has 0 aliphatic heterocycles. The predicted octanol–water partition coefficient (Wildman–Crippen LogP) is 1.82. The van der Waals surface area contributed by atoms with Crippen LogP contribution in [0.5, 0.6) is 0 Å². The number of aliphatic hydroxyl groups excluding tert-OH is 1. The van der Waals surface area contributed by atoms with Crippen molar-refractivity contribution >= 4 is 5.91 Å². The van der Waals surface area contributed by atoms with Gasteiger partial charge < -0.3 is 14.8 Å². The lowest BCUT2D eigenvalue weighted by atomic mass is 9.96. The summed E-state index contributed by atoms with van der Waals surface area (Å²) in [7, 11) is 0. The van der Waals surface area contributed by atoms with Gasteiger partial charge in [0.15, 0.2) is 5.89 Å². The maximum absolute atomic E-state index is 11.8. The van der Waals surface area contributed by atoms with E-state index in [4.69, 9.17) is 4.42 Å². The van der Waals surface area contributed by atoms with E-state index in [0.29, 0.717) is 11.6 Å². The van der Waals surface area contributed by atoms with Crippen LogP contribution in [0.2, 0.25) is 0 Å². The van der Waals surface area contributed by atoms with E-state index in [1.54, 1.807) is 13.8 Å². The van der Waals surface area contributed by atoms with E-state index in [9.17, 15) is 9.90 Å². The monoisotopic (exact) mass is 254 g/mol. The molecular weight excluding hydrogens is 232 g/mol. The van der Waals surface area contributed by atoms with Gasteiger partial charge in [0.2, 0.25) is 5.76 Å². The van der Waals surface area contributed by atoms with Crippen LogP contribution in [0.1, 0.15) is 48.8 Å². The van der Waals surface area contributed by atoms with Crippen LogP contribution >= 0.6 is 0 Å². The van der Waals surface area contributed by atoms with Gasteiger partial charge in [-0.05, 0) is 12.8 Å². The lowest BCUT2D eigenvalue weighted by molar-refractivity contribution is 0.0795. The Hall–Kier alpha value is -1.36. The first-order valence-corrected chi connectivity index (χ1v) is 6.39. The van der Waals surface area contributed by atoms with Crippen LogP contribution in [-0.2, 0) is 0 Å². The van der Waals surface area contributed by atoms with Gasteiger partial charge in [-0.15, -0.1) is 0 Å². The van der Waals surface area contributed by atoms with Crippen LogP contribution in [0.25, 0.3) is 0 Å². The summed E-state index contributed by atoms with van der Waals surface area (Å²) in [6, 6.07) is 0. The Labute approximate surface area is 108 Å². The predicted molar refractivity (Wildman–Crippen MR) is 68.4 cm³/mol. The Morgan fingerprint density at radius 2 is 2.00 bits per heavy atom. The molecule has 1 rings (SSSR count). The molecule has 5 nitrogen and oxygen atoms in total. The molecule has 1 atom stereocenters. The van der Waals surface area contributed by atoms with E-state index in [0.717, 1.165) is 12.8 Å². The van der Waals surface area contributed by atoms with Gasteiger partial charge in [0.05, 0.1) is 11.8 Å². The summed E-state index contributed by atoms with van der Waals surface area (Å²) in [4.78, 5) is 15.9. The van der Waals surface area contributed by atoms with E-state index < -0.39 is 6.10 Å². The highest BCUT2D eigenvalue weighted by Crippen LogP contribution is 2.13. The van der Waals surface area contributed by atoms with Gasteiger partial charge in [0.1, 0.15) is 0 Å². The third-order valence-corrected chi connectivity index (χ3v) is 3.17. The van der Waals surface area contributed by atoms with Gasteiger partial charge >= 0.3 is 0 Å². The maximum Gasteiger partial charge on any atom is 0.289 e. The molecule has 5 heteroatoms. The minimum absolute atomic E-state index is 0.211. The zero-order valence-electron chi connectivity index (χ0n) is 11.5. The minimum Gasteiger partial charge on any atom is -0.436 e. The maximum atomic E-state index is 11.8. The molecule has 0 aromatic carbocycles. The van der Waals surface area contributed by atoms with Crippen LogP contribution < -0.4 is 5.32 Å². The average molecular weight is 254 g/mol. The summed E-state index contributed by atoms with van der Waals surface area (Å²) in [5.74, 6) is 0.586. The molecule has 102 valence electrons. The number of amides is 1. The molecule has 2 N–H and O–H groups in total. The standard InChI is InChI=1S/C13H22N2O3/c1-5-10(6-2)11(16)7-14-13(17)12-8(3)15-9(4)18-12/h10-11,16H,5-7H2,1-4H3,(H,14,17). The first-order valence-electron chi connectivity index (χ1n) is 6.39. The molecule has 0 aliphatic carbocycles. The van der Waals surface area contributed by atoms with Crippen molar-refractivity contribution in [2.45, 2.75) is 46.6 Å². The van der Waals surface area contributed by atoms with Crippen molar-refractivity contribution in [1.29, 1.82) is 0 Å². The number of carbonyl (C=O) groups excluding carboxylic acids is 1. The first-order chi connectivity index (χ1) is 8.49. The smallest absolute Gasteiger partial charge is 0.289 e. The van der Waals surface area contributed by atoms with Crippen LogP contribution in [0.15, 0.2) is 4.42 Å². The second kappa shape index (κ2) is 6.54. The Morgan fingerprint density at radius 3 is 2.44 bits per heavy atom. The normalized spacial score (nSPS) is 12.8. The summed E-state index contributed by atoms with van der Waals surface area (Å²) in [5, 5.41) is 12.6. The molecule has 0 saturated carbocycles. The fourth-order valence-corrected chi connectivity index (χ4v) is 2.02. The van der Waals surface area contributed by atoms with E-state index >= 15 is 0 Å². The molecule has 1 aromatic rings. The number of aliphatic hydroxyl groups is 1. The average Bonchev–Trinajstić information content (AvgIpc) is 2.67. The van der Waals surface area contributed by atoms with Crippen LogP contribution in [0.3, 0.4) is 0 Å². The zero-order valence-corrected chi connectivity index (χ0v) is 11.5. The van der Waals surface area contributed by atoms with Crippen LogP contribution in [0, 0.1) is 19.8 Å². The molecule has 0 saturated heterocycles. The fraction of sp³-hybridized carbons (Fsp3) is 0.692. The topological polar surface area (TPSA) is 75.4 Å². The van der Waals surface area contributed by atoms with Crippen LogP contribution in [-0.4, -0.2) is 28.6 Å². The largest absolute Gasteiger partial charge is 0.436 e. The summed E-state index contributed by atoms with van der Waals surface area (Å²) in [6.07, 6.45) is 1.27. The van der Waals surface area contributed by atoms with Gasteiger partial charge in [-0.2, -0.15) is 0 Å². The van der Waals surface area contributed by atoms with Crippen molar-refractivity contribution in [2.75, 3.05) is 6.54 Å². The fourth-order valence-electron chi connectivity index (χ4n) is 2.02. The number of rotatable bonds is 6. The van der Waals surface area contributed by atoms with Crippen molar-refractivity contribution in [3.8, 4) is 0 Å². The van der Waals surface area contributed by atoms with Crippen molar-refractivity contribution in [2.24, 2.45) is 5.92 Å². The molecule has 0 spiro atoms. The van der Waals surface area contributed by atoms with E-state index in [1.807, 2.05) is 13.8 Å². The third kappa shape index (κ3) is 3.57.